The summed E-state index contributed by atoms with van der Waals surface area (Å²) in [7, 11) is 0. The number of amides is 1. The first-order valence-corrected chi connectivity index (χ1v) is 7.28. The summed E-state index contributed by atoms with van der Waals surface area (Å²) in [5, 5.41) is 9.42. The summed E-state index contributed by atoms with van der Waals surface area (Å²) in [6.45, 7) is 4.98. The van der Waals surface area contributed by atoms with Crippen molar-refractivity contribution in [2.24, 2.45) is 5.92 Å². The molecular formula is C16H21NO4. The number of phenolic OH excluding ortho intramolecular Hbond substituents is 1. The number of piperidine rings is 1. The zero-order valence-corrected chi connectivity index (χ0v) is 12.5. The van der Waals surface area contributed by atoms with Crippen LogP contribution in [0.2, 0.25) is 0 Å². The van der Waals surface area contributed by atoms with Crippen LogP contribution in [0.4, 0.5) is 0 Å². The van der Waals surface area contributed by atoms with Gasteiger partial charge in [-0.1, -0.05) is 0 Å². The van der Waals surface area contributed by atoms with Gasteiger partial charge >= 0.3 is 5.97 Å². The van der Waals surface area contributed by atoms with Gasteiger partial charge in [-0.05, 0) is 50.5 Å². The van der Waals surface area contributed by atoms with Crippen molar-refractivity contribution in [1.82, 2.24) is 4.90 Å². The number of phenols is 1. The van der Waals surface area contributed by atoms with E-state index in [0.29, 0.717) is 25.3 Å². The van der Waals surface area contributed by atoms with E-state index >= 15 is 0 Å². The van der Waals surface area contributed by atoms with Crippen LogP contribution in [0, 0.1) is 12.8 Å². The average Bonchev–Trinajstić information content (AvgIpc) is 2.47. The van der Waals surface area contributed by atoms with Crippen LogP contribution in [0.5, 0.6) is 5.75 Å². The van der Waals surface area contributed by atoms with Gasteiger partial charge in [0.2, 0.25) is 0 Å². The minimum atomic E-state index is -0.236. The van der Waals surface area contributed by atoms with Gasteiger partial charge in [-0.3, -0.25) is 9.59 Å². The van der Waals surface area contributed by atoms with E-state index in [4.69, 9.17) is 4.74 Å². The molecule has 1 atom stereocenters. The molecule has 2 rings (SSSR count). The topological polar surface area (TPSA) is 66.8 Å². The second-order valence-electron chi connectivity index (χ2n) is 5.34. The van der Waals surface area contributed by atoms with Crippen molar-refractivity contribution < 1.29 is 19.4 Å². The maximum absolute atomic E-state index is 12.6. The third-order valence-electron chi connectivity index (χ3n) is 3.77. The lowest BCUT2D eigenvalue weighted by Gasteiger charge is -2.32. The highest BCUT2D eigenvalue weighted by atomic mass is 16.5. The van der Waals surface area contributed by atoms with Crippen molar-refractivity contribution in [3.8, 4) is 5.75 Å². The van der Waals surface area contributed by atoms with Crippen LogP contribution in [-0.2, 0) is 9.53 Å². The number of hydrogen-bond donors (Lipinski definition) is 1. The molecule has 5 heteroatoms. The third kappa shape index (κ3) is 3.54. The van der Waals surface area contributed by atoms with Gasteiger partial charge in [-0.25, -0.2) is 0 Å². The molecule has 0 spiro atoms. The second kappa shape index (κ2) is 6.61. The molecule has 0 saturated carbocycles. The third-order valence-corrected chi connectivity index (χ3v) is 3.77. The number of rotatable bonds is 3. The average molecular weight is 291 g/mol. The first-order valence-electron chi connectivity index (χ1n) is 7.28. The fourth-order valence-electron chi connectivity index (χ4n) is 2.67. The quantitative estimate of drug-likeness (QED) is 0.866. The summed E-state index contributed by atoms with van der Waals surface area (Å²) in [5.74, 6) is -0.411. The Hall–Kier alpha value is -2.04. The van der Waals surface area contributed by atoms with Gasteiger partial charge < -0.3 is 14.7 Å². The summed E-state index contributed by atoms with van der Waals surface area (Å²) >= 11 is 0. The fraction of sp³-hybridized carbons (Fsp3) is 0.500. The van der Waals surface area contributed by atoms with Crippen LogP contribution in [0.15, 0.2) is 18.2 Å². The lowest BCUT2D eigenvalue weighted by Crippen LogP contribution is -2.43. The predicted molar refractivity (Wildman–Crippen MR) is 78.1 cm³/mol. The monoisotopic (exact) mass is 291 g/mol. The minimum absolute atomic E-state index is 0.0958. The van der Waals surface area contributed by atoms with E-state index in [1.807, 2.05) is 0 Å². The van der Waals surface area contributed by atoms with E-state index in [9.17, 15) is 14.7 Å². The number of carbonyl (C=O) groups is 2. The number of esters is 1. The molecule has 0 unspecified atom stereocenters. The fourth-order valence-corrected chi connectivity index (χ4v) is 2.67. The Morgan fingerprint density at radius 1 is 1.43 bits per heavy atom. The number of nitrogens with zero attached hydrogens (tertiary/aromatic N) is 1. The Morgan fingerprint density at radius 3 is 2.86 bits per heavy atom. The molecule has 1 amide bonds. The number of hydrogen-bond acceptors (Lipinski definition) is 4. The maximum Gasteiger partial charge on any atom is 0.310 e. The van der Waals surface area contributed by atoms with Crippen molar-refractivity contribution in [2.75, 3.05) is 19.7 Å². The molecule has 0 aromatic heterocycles. The molecule has 0 aliphatic carbocycles. The van der Waals surface area contributed by atoms with Crippen LogP contribution in [-0.4, -0.2) is 41.6 Å². The summed E-state index contributed by atoms with van der Waals surface area (Å²) in [6, 6.07) is 4.70. The van der Waals surface area contributed by atoms with Crippen LogP contribution < -0.4 is 0 Å². The number of carbonyl (C=O) groups excluding carboxylic acids is 2. The molecule has 1 N–H and O–H groups in total. The summed E-state index contributed by atoms with van der Waals surface area (Å²) in [5.41, 5.74) is 1.30. The highest BCUT2D eigenvalue weighted by Gasteiger charge is 2.30. The molecular weight excluding hydrogens is 270 g/mol. The normalized spacial score (nSPS) is 18.4. The van der Waals surface area contributed by atoms with Gasteiger partial charge in [0, 0.05) is 18.7 Å². The van der Waals surface area contributed by atoms with Crippen molar-refractivity contribution in [1.29, 1.82) is 0 Å². The van der Waals surface area contributed by atoms with Gasteiger partial charge in [0.25, 0.3) is 5.91 Å². The molecule has 1 saturated heterocycles. The maximum atomic E-state index is 12.6. The standard InChI is InChI=1S/C16H21NO4/c1-3-21-16(20)12-5-4-8-17(10-12)15(19)14-7-6-13(18)9-11(14)2/h6-7,9,12,18H,3-5,8,10H2,1-2H3/t12-/m1/s1. The van der Waals surface area contributed by atoms with E-state index in [-0.39, 0.29) is 23.5 Å². The molecule has 114 valence electrons. The molecule has 1 aromatic carbocycles. The molecule has 0 bridgehead atoms. The van der Waals surface area contributed by atoms with Crippen LogP contribution in [0.3, 0.4) is 0 Å². The lowest BCUT2D eigenvalue weighted by atomic mass is 9.97. The molecule has 1 aliphatic heterocycles. The molecule has 21 heavy (non-hydrogen) atoms. The van der Waals surface area contributed by atoms with Gasteiger partial charge in [0.1, 0.15) is 5.75 Å². The number of likely N-dealkylation sites (tertiary alicyclic amines) is 1. The highest BCUT2D eigenvalue weighted by molar-refractivity contribution is 5.96. The Balaban J connectivity index is 2.10. The van der Waals surface area contributed by atoms with Crippen molar-refractivity contribution in [3.05, 3.63) is 29.3 Å². The van der Waals surface area contributed by atoms with Gasteiger partial charge in [-0.2, -0.15) is 0 Å². The van der Waals surface area contributed by atoms with E-state index in [2.05, 4.69) is 0 Å². The van der Waals surface area contributed by atoms with Gasteiger partial charge in [0.05, 0.1) is 12.5 Å². The highest BCUT2D eigenvalue weighted by Crippen LogP contribution is 2.22. The van der Waals surface area contributed by atoms with Crippen LogP contribution >= 0.6 is 0 Å². The summed E-state index contributed by atoms with van der Waals surface area (Å²) in [4.78, 5) is 26.1. The number of benzene rings is 1. The van der Waals surface area contributed by atoms with Crippen LogP contribution in [0.25, 0.3) is 0 Å². The zero-order chi connectivity index (χ0) is 15.4. The first-order chi connectivity index (χ1) is 10.0. The largest absolute Gasteiger partial charge is 0.508 e. The zero-order valence-electron chi connectivity index (χ0n) is 12.5. The number of aryl methyl sites for hydroxylation is 1. The molecule has 0 radical (unpaired) electrons. The molecule has 1 aliphatic rings. The van der Waals surface area contributed by atoms with Crippen molar-refractivity contribution >= 4 is 11.9 Å². The van der Waals surface area contributed by atoms with E-state index in [1.54, 1.807) is 30.9 Å². The van der Waals surface area contributed by atoms with Crippen LogP contribution in [0.1, 0.15) is 35.7 Å². The predicted octanol–water partition coefficient (Wildman–Crippen LogP) is 2.12. The lowest BCUT2D eigenvalue weighted by molar-refractivity contribution is -0.149. The van der Waals surface area contributed by atoms with Gasteiger partial charge in [-0.15, -0.1) is 0 Å². The molecule has 1 heterocycles. The molecule has 5 nitrogen and oxygen atoms in total. The number of ether oxygens (including phenoxy) is 1. The Morgan fingerprint density at radius 2 is 2.19 bits per heavy atom. The summed E-state index contributed by atoms with van der Waals surface area (Å²) in [6.07, 6.45) is 1.56. The number of aromatic hydroxyl groups is 1. The van der Waals surface area contributed by atoms with Crippen molar-refractivity contribution in [2.45, 2.75) is 26.7 Å². The van der Waals surface area contributed by atoms with E-state index in [0.717, 1.165) is 18.4 Å². The SMILES string of the molecule is CCOC(=O)[C@@H]1CCCN(C(=O)c2ccc(O)cc2C)C1. The van der Waals surface area contributed by atoms with E-state index in [1.165, 1.54) is 6.07 Å². The Labute approximate surface area is 124 Å². The van der Waals surface area contributed by atoms with Crippen molar-refractivity contribution in [3.63, 3.8) is 0 Å². The molecule has 1 aromatic rings. The van der Waals surface area contributed by atoms with E-state index < -0.39 is 0 Å². The smallest absolute Gasteiger partial charge is 0.310 e. The summed E-state index contributed by atoms with van der Waals surface area (Å²) < 4.78 is 5.04. The second-order valence-corrected chi connectivity index (χ2v) is 5.34. The Bertz CT molecular complexity index is 541. The van der Waals surface area contributed by atoms with Gasteiger partial charge in [0.15, 0.2) is 0 Å². The Kier molecular flexibility index (Phi) is 4.83. The minimum Gasteiger partial charge on any atom is -0.508 e. The molecule has 1 fully saturated rings. The first kappa shape index (κ1) is 15.4.